The molecule has 2 aromatic carbocycles. The van der Waals surface area contributed by atoms with Gasteiger partial charge in [0.05, 0.1) is 15.7 Å². The molecule has 0 amide bonds. The van der Waals surface area contributed by atoms with Crippen LogP contribution in [0.25, 0.3) is 22.3 Å². The lowest BCUT2D eigenvalue weighted by molar-refractivity contribution is 0.167. The predicted molar refractivity (Wildman–Crippen MR) is 141 cm³/mol. The first-order chi connectivity index (χ1) is 16.9. The minimum absolute atomic E-state index is 0.322. The maximum atomic E-state index is 12.4. The average molecular weight is 511 g/mol. The highest BCUT2D eigenvalue weighted by Gasteiger charge is 2.17. The number of aromatic nitrogens is 3. The Bertz CT molecular complexity index is 1430. The number of nitrogens with one attached hydrogen (secondary N) is 1. The second kappa shape index (κ2) is 9.73. The van der Waals surface area contributed by atoms with Crippen molar-refractivity contribution in [2.24, 2.45) is 0 Å². The van der Waals surface area contributed by atoms with E-state index < -0.39 is 0 Å². The van der Waals surface area contributed by atoms with Crippen LogP contribution in [0.5, 0.6) is 0 Å². The summed E-state index contributed by atoms with van der Waals surface area (Å²) in [5.41, 5.74) is 3.34. The Balaban J connectivity index is 1.53. The molecule has 0 atom stereocenters. The van der Waals surface area contributed by atoms with Crippen LogP contribution in [0.15, 0.2) is 59.4 Å². The number of nitrogens with zero attached hydrogens (tertiary/aromatic N) is 5. The predicted octanol–water partition coefficient (Wildman–Crippen LogP) is 4.32. The Morgan fingerprint density at radius 3 is 2.34 bits per heavy atom. The van der Waals surface area contributed by atoms with E-state index in [9.17, 15) is 4.79 Å². The summed E-state index contributed by atoms with van der Waals surface area (Å²) in [6.45, 7) is 4.09. The number of likely N-dealkylation sites (N-methyl/N-ethyl adjacent to an activating group) is 1. The Kier molecular flexibility index (Phi) is 6.51. The Morgan fingerprint density at radius 2 is 1.66 bits per heavy atom. The Labute approximate surface area is 212 Å². The van der Waals surface area contributed by atoms with Crippen molar-refractivity contribution < 1.29 is 4.84 Å². The summed E-state index contributed by atoms with van der Waals surface area (Å²) in [5, 5.41) is 4.75. The molecule has 35 heavy (non-hydrogen) atoms. The summed E-state index contributed by atoms with van der Waals surface area (Å²) in [7, 11) is 3.56. The zero-order valence-corrected chi connectivity index (χ0v) is 20.8. The molecule has 0 saturated carbocycles. The van der Waals surface area contributed by atoms with Gasteiger partial charge in [0.15, 0.2) is 5.65 Å². The van der Waals surface area contributed by atoms with E-state index >= 15 is 0 Å². The van der Waals surface area contributed by atoms with Gasteiger partial charge >= 0.3 is 0 Å². The summed E-state index contributed by atoms with van der Waals surface area (Å²) in [5.74, 6) is 0.322. The topological polar surface area (TPSA) is 75.5 Å². The maximum Gasteiger partial charge on any atom is 0.285 e. The van der Waals surface area contributed by atoms with E-state index in [1.54, 1.807) is 18.2 Å². The molecule has 180 valence electrons. The van der Waals surface area contributed by atoms with Crippen molar-refractivity contribution >= 4 is 51.6 Å². The van der Waals surface area contributed by atoms with Crippen molar-refractivity contribution in [1.29, 1.82) is 0 Å². The van der Waals surface area contributed by atoms with Crippen LogP contribution in [-0.4, -0.2) is 59.9 Å². The van der Waals surface area contributed by atoms with E-state index in [1.165, 1.54) is 18.9 Å². The molecule has 10 heteroatoms. The molecular formula is C25H24Cl2N6O2. The highest BCUT2D eigenvalue weighted by molar-refractivity contribution is 6.42. The SMILES string of the molecule is COn1c(=O)ccc2c(-c3ccc(Cl)c(Cl)c3)nc(Nc3ccc(N4CCN(C)CC4)cc3)nc21. The first-order valence-corrected chi connectivity index (χ1v) is 11.9. The fourth-order valence-electron chi connectivity index (χ4n) is 4.14. The molecule has 8 nitrogen and oxygen atoms in total. The third-order valence-corrected chi connectivity index (χ3v) is 6.82. The monoisotopic (exact) mass is 510 g/mol. The van der Waals surface area contributed by atoms with Crippen molar-refractivity contribution in [2.75, 3.05) is 50.6 Å². The minimum atomic E-state index is -0.332. The largest absolute Gasteiger partial charge is 0.412 e. The number of piperazine rings is 1. The van der Waals surface area contributed by atoms with Crippen molar-refractivity contribution in [3.05, 3.63) is 75.0 Å². The minimum Gasteiger partial charge on any atom is -0.412 e. The molecule has 0 bridgehead atoms. The van der Waals surface area contributed by atoms with E-state index in [0.717, 1.165) is 42.2 Å². The van der Waals surface area contributed by atoms with Gasteiger partial charge in [-0.25, -0.2) is 4.98 Å². The Morgan fingerprint density at radius 1 is 0.914 bits per heavy atom. The van der Waals surface area contributed by atoms with Gasteiger partial charge in [0.25, 0.3) is 5.56 Å². The van der Waals surface area contributed by atoms with Crippen LogP contribution in [0.3, 0.4) is 0 Å². The Hall–Kier alpha value is -3.33. The molecule has 5 rings (SSSR count). The van der Waals surface area contributed by atoms with E-state index in [-0.39, 0.29) is 5.56 Å². The number of pyridine rings is 1. The number of fused-ring (bicyclic) bond motifs is 1. The van der Waals surface area contributed by atoms with E-state index in [2.05, 4.69) is 39.3 Å². The highest BCUT2D eigenvalue weighted by atomic mass is 35.5. The number of benzene rings is 2. The lowest BCUT2D eigenvalue weighted by atomic mass is 10.1. The van der Waals surface area contributed by atoms with E-state index in [0.29, 0.717) is 32.7 Å². The number of hydrogen-bond acceptors (Lipinski definition) is 7. The van der Waals surface area contributed by atoms with Crippen molar-refractivity contribution in [3.63, 3.8) is 0 Å². The highest BCUT2D eigenvalue weighted by Crippen LogP contribution is 2.32. The quantitative estimate of drug-likeness (QED) is 0.428. The summed E-state index contributed by atoms with van der Waals surface area (Å²) in [6, 6.07) is 16.5. The third kappa shape index (κ3) is 4.77. The second-order valence-corrected chi connectivity index (χ2v) is 9.19. The van der Waals surface area contributed by atoms with Gasteiger partial charge < -0.3 is 20.0 Å². The molecule has 4 aromatic rings. The van der Waals surface area contributed by atoms with Crippen LogP contribution in [0.2, 0.25) is 10.0 Å². The molecule has 1 aliphatic heterocycles. The lowest BCUT2D eigenvalue weighted by Gasteiger charge is -2.34. The normalized spacial score (nSPS) is 14.3. The fourth-order valence-corrected chi connectivity index (χ4v) is 4.44. The first-order valence-electron chi connectivity index (χ1n) is 11.2. The van der Waals surface area contributed by atoms with Crippen molar-refractivity contribution in [2.45, 2.75) is 0 Å². The van der Waals surface area contributed by atoms with Gasteiger partial charge in [0, 0.05) is 54.6 Å². The van der Waals surface area contributed by atoms with Crippen molar-refractivity contribution in [1.82, 2.24) is 19.6 Å². The van der Waals surface area contributed by atoms with Crippen LogP contribution in [0.1, 0.15) is 0 Å². The number of anilines is 3. The molecule has 2 aromatic heterocycles. The van der Waals surface area contributed by atoms with Gasteiger partial charge in [0.1, 0.15) is 7.11 Å². The van der Waals surface area contributed by atoms with Gasteiger partial charge in [-0.15, -0.1) is 4.73 Å². The van der Waals surface area contributed by atoms with Crippen LogP contribution in [-0.2, 0) is 0 Å². The second-order valence-electron chi connectivity index (χ2n) is 8.37. The van der Waals surface area contributed by atoms with E-state index in [4.69, 9.17) is 33.0 Å². The smallest absolute Gasteiger partial charge is 0.285 e. The number of hydrogen-bond donors (Lipinski definition) is 1. The van der Waals surface area contributed by atoms with Crippen molar-refractivity contribution in [3.8, 4) is 11.3 Å². The molecule has 1 saturated heterocycles. The fraction of sp³-hybridized carbons (Fsp3) is 0.240. The molecule has 0 aliphatic carbocycles. The number of halogens is 2. The van der Waals surface area contributed by atoms with Gasteiger partial charge in [-0.05, 0) is 49.5 Å². The van der Waals surface area contributed by atoms with Gasteiger partial charge in [-0.1, -0.05) is 29.3 Å². The van der Waals surface area contributed by atoms with Crippen LogP contribution < -0.4 is 20.6 Å². The molecular weight excluding hydrogens is 487 g/mol. The summed E-state index contributed by atoms with van der Waals surface area (Å²) in [4.78, 5) is 31.8. The van der Waals surface area contributed by atoms with E-state index in [1.807, 2.05) is 18.2 Å². The zero-order chi connectivity index (χ0) is 24.5. The molecule has 0 spiro atoms. The summed E-state index contributed by atoms with van der Waals surface area (Å²) >= 11 is 12.4. The summed E-state index contributed by atoms with van der Waals surface area (Å²) < 4.78 is 1.14. The van der Waals surface area contributed by atoms with Crippen LogP contribution in [0.4, 0.5) is 17.3 Å². The molecule has 0 radical (unpaired) electrons. The number of rotatable bonds is 5. The van der Waals surface area contributed by atoms with Crippen LogP contribution in [0, 0.1) is 0 Å². The molecule has 1 fully saturated rings. The summed E-state index contributed by atoms with van der Waals surface area (Å²) in [6.07, 6.45) is 0. The molecule has 1 aliphatic rings. The lowest BCUT2D eigenvalue weighted by Crippen LogP contribution is -2.44. The molecule has 1 N–H and O–H groups in total. The van der Waals surface area contributed by atoms with Gasteiger partial charge in [-0.2, -0.15) is 4.98 Å². The molecule has 3 heterocycles. The molecule has 0 unspecified atom stereocenters. The maximum absolute atomic E-state index is 12.4. The van der Waals surface area contributed by atoms with Gasteiger partial charge in [0.2, 0.25) is 5.95 Å². The third-order valence-electron chi connectivity index (χ3n) is 6.08. The first kappa shape index (κ1) is 23.4. The van der Waals surface area contributed by atoms with Crippen LogP contribution >= 0.6 is 23.2 Å². The average Bonchev–Trinajstić information content (AvgIpc) is 2.86. The zero-order valence-electron chi connectivity index (χ0n) is 19.3. The standard InChI is InChI=1S/C25H24Cl2N6O2/c1-31-11-13-32(14-12-31)18-6-4-17(5-7-18)28-25-29-23(16-3-9-20(26)21(27)15-16)19-8-10-22(34)33(35-2)24(19)30-25/h3-10,15H,11-14H2,1-2H3,(H,28,29,30). The van der Waals surface area contributed by atoms with Gasteiger partial charge in [-0.3, -0.25) is 4.79 Å².